The second-order valence-electron chi connectivity index (χ2n) is 8.32. The Morgan fingerprint density at radius 1 is 1.14 bits per heavy atom. The van der Waals surface area contributed by atoms with Crippen molar-refractivity contribution in [3.05, 3.63) is 41.2 Å². The van der Waals surface area contributed by atoms with Crippen LogP contribution in [0.3, 0.4) is 0 Å². The number of aliphatic hydroxyl groups excluding tert-OH is 1. The van der Waals surface area contributed by atoms with Gasteiger partial charge in [-0.15, -0.1) is 0 Å². The number of rotatable bonds is 6. The van der Waals surface area contributed by atoms with Crippen LogP contribution in [-0.2, 0) is 23.7 Å². The van der Waals surface area contributed by atoms with Crippen LogP contribution in [0.15, 0.2) is 24.7 Å². The summed E-state index contributed by atoms with van der Waals surface area (Å²) >= 11 is 0.345. The zero-order valence-corrected chi connectivity index (χ0v) is 20.1. The number of anilines is 1. The fraction of sp³-hybridized carbons (Fsp3) is 0.476. The third-order valence-corrected chi connectivity index (χ3v) is 6.82. The molecule has 0 saturated carbocycles. The smallest absolute Gasteiger partial charge is 0.396 e. The average Bonchev–Trinajstić information content (AvgIpc) is 3.45. The molecule has 1 saturated heterocycles. The maximum absolute atomic E-state index is 13.5. The molecule has 1 aliphatic rings. The maximum Gasteiger partial charge on any atom is 0.451 e. The molecule has 4 rings (SSSR count). The van der Waals surface area contributed by atoms with Gasteiger partial charge in [0.2, 0.25) is 16.7 Å². The van der Waals surface area contributed by atoms with Gasteiger partial charge in [0.15, 0.2) is 0 Å². The van der Waals surface area contributed by atoms with Gasteiger partial charge in [-0.2, -0.15) is 31.4 Å². The molecule has 1 aliphatic heterocycles. The first-order valence-corrected chi connectivity index (χ1v) is 11.8. The highest BCUT2D eigenvalue weighted by atomic mass is 32.1. The number of aromatic nitrogens is 5. The Balaban J connectivity index is 1.62. The molecular formula is C21H21F6N7O2S. The number of carbonyl (C=O) groups excluding carboxylic acids is 1. The number of piperazine rings is 1. The van der Waals surface area contributed by atoms with E-state index < -0.39 is 29.2 Å². The predicted molar refractivity (Wildman–Crippen MR) is 120 cm³/mol. The molecule has 0 radical (unpaired) electrons. The Hall–Kier alpha value is -3.27. The summed E-state index contributed by atoms with van der Waals surface area (Å²) < 4.78 is 80.6. The Morgan fingerprint density at radius 2 is 1.84 bits per heavy atom. The Bertz CT molecular complexity index is 1240. The van der Waals surface area contributed by atoms with Gasteiger partial charge >= 0.3 is 12.4 Å². The zero-order valence-electron chi connectivity index (χ0n) is 19.3. The average molecular weight is 550 g/mol. The van der Waals surface area contributed by atoms with Crippen molar-refractivity contribution >= 4 is 22.2 Å². The van der Waals surface area contributed by atoms with E-state index in [-0.39, 0.29) is 61.4 Å². The van der Waals surface area contributed by atoms with Crippen LogP contribution in [0.2, 0.25) is 0 Å². The van der Waals surface area contributed by atoms with E-state index in [0.29, 0.717) is 11.3 Å². The molecule has 1 amide bonds. The topological polar surface area (TPSA) is 100 Å². The first kappa shape index (κ1) is 26.8. The lowest BCUT2D eigenvalue weighted by Crippen LogP contribution is -2.56. The molecule has 200 valence electrons. The van der Waals surface area contributed by atoms with Crippen LogP contribution in [0, 0.1) is 6.92 Å². The van der Waals surface area contributed by atoms with Gasteiger partial charge in [0.05, 0.1) is 11.7 Å². The molecule has 0 spiro atoms. The summed E-state index contributed by atoms with van der Waals surface area (Å²) in [5.41, 5.74) is 0.413. The number of thiazole rings is 1. The summed E-state index contributed by atoms with van der Waals surface area (Å²) in [5, 5.41) is 12.6. The molecule has 3 aromatic heterocycles. The highest BCUT2D eigenvalue weighted by Gasteiger charge is 2.39. The third-order valence-electron chi connectivity index (χ3n) is 5.65. The molecule has 16 heteroatoms. The summed E-state index contributed by atoms with van der Waals surface area (Å²) in [6.07, 6.45) is -6.20. The summed E-state index contributed by atoms with van der Waals surface area (Å²) in [5.74, 6) is -1.69. The van der Waals surface area contributed by atoms with Crippen LogP contribution in [0.5, 0.6) is 0 Å². The Labute approximate surface area is 210 Å². The monoisotopic (exact) mass is 549 g/mol. The van der Waals surface area contributed by atoms with Crippen LogP contribution in [0.1, 0.15) is 22.9 Å². The molecule has 0 aromatic carbocycles. The van der Waals surface area contributed by atoms with E-state index in [1.54, 1.807) is 29.0 Å². The quantitative estimate of drug-likeness (QED) is 0.472. The number of hydrogen-bond donors (Lipinski definition) is 1. The van der Waals surface area contributed by atoms with E-state index in [4.69, 9.17) is 0 Å². The number of halogens is 6. The molecular weight excluding hydrogens is 528 g/mol. The highest BCUT2D eigenvalue weighted by molar-refractivity contribution is 7.16. The van der Waals surface area contributed by atoms with Gasteiger partial charge in [-0.05, 0) is 19.4 Å². The van der Waals surface area contributed by atoms with Crippen molar-refractivity contribution in [2.24, 2.45) is 0 Å². The number of carbonyl (C=O) groups is 1. The Kier molecular flexibility index (Phi) is 7.41. The van der Waals surface area contributed by atoms with Gasteiger partial charge in [-0.25, -0.2) is 15.0 Å². The van der Waals surface area contributed by atoms with Crippen molar-refractivity contribution in [2.45, 2.75) is 38.3 Å². The van der Waals surface area contributed by atoms with Crippen molar-refractivity contribution in [2.75, 3.05) is 31.1 Å². The van der Waals surface area contributed by atoms with Gasteiger partial charge in [-0.1, -0.05) is 11.3 Å². The molecule has 4 heterocycles. The third kappa shape index (κ3) is 6.01. The van der Waals surface area contributed by atoms with Gasteiger partial charge in [0.25, 0.3) is 0 Å². The van der Waals surface area contributed by atoms with Crippen molar-refractivity contribution < 1.29 is 36.2 Å². The lowest BCUT2D eigenvalue weighted by Gasteiger charge is -2.42. The SMILES string of the molecule is Cc1ccn(CC(=O)N2CCN(c3sc(C(F)(F)F)nc3-c3cnc(C(F)(F)F)nc3)C[C@@H]2CCO)n1. The number of nitrogens with zero attached hydrogens (tertiary/aromatic N) is 7. The van der Waals surface area contributed by atoms with E-state index >= 15 is 0 Å². The maximum atomic E-state index is 13.5. The fourth-order valence-electron chi connectivity index (χ4n) is 3.98. The van der Waals surface area contributed by atoms with Crippen LogP contribution in [0.4, 0.5) is 31.3 Å². The number of aryl methyl sites for hydroxylation is 1. The molecule has 1 fully saturated rings. The normalized spacial score (nSPS) is 16.9. The lowest BCUT2D eigenvalue weighted by molar-refractivity contribution is -0.145. The van der Waals surface area contributed by atoms with E-state index in [2.05, 4.69) is 20.1 Å². The molecule has 0 unspecified atom stereocenters. The van der Waals surface area contributed by atoms with E-state index in [1.807, 2.05) is 0 Å². The van der Waals surface area contributed by atoms with Crippen LogP contribution >= 0.6 is 11.3 Å². The summed E-state index contributed by atoms with van der Waals surface area (Å²) in [4.78, 5) is 26.2. The molecule has 37 heavy (non-hydrogen) atoms. The first-order chi connectivity index (χ1) is 17.4. The summed E-state index contributed by atoms with van der Waals surface area (Å²) in [6.45, 7) is 1.84. The molecule has 3 aromatic rings. The predicted octanol–water partition coefficient (Wildman–Crippen LogP) is 3.24. The van der Waals surface area contributed by atoms with Gasteiger partial charge in [0, 0.05) is 50.4 Å². The van der Waals surface area contributed by atoms with Gasteiger partial charge in [0.1, 0.15) is 17.2 Å². The van der Waals surface area contributed by atoms with E-state index in [9.17, 15) is 36.2 Å². The van der Waals surface area contributed by atoms with Crippen LogP contribution in [-0.4, -0.2) is 72.9 Å². The largest absolute Gasteiger partial charge is 0.451 e. The second-order valence-corrected chi connectivity index (χ2v) is 9.30. The van der Waals surface area contributed by atoms with Gasteiger partial charge < -0.3 is 14.9 Å². The molecule has 9 nitrogen and oxygen atoms in total. The lowest BCUT2D eigenvalue weighted by atomic mass is 10.1. The van der Waals surface area contributed by atoms with Crippen molar-refractivity contribution in [1.82, 2.24) is 29.6 Å². The molecule has 0 aliphatic carbocycles. The number of hydrogen-bond acceptors (Lipinski definition) is 8. The number of alkyl halides is 6. The first-order valence-electron chi connectivity index (χ1n) is 11.0. The Morgan fingerprint density at radius 3 is 2.41 bits per heavy atom. The number of aliphatic hydroxyl groups is 1. The second kappa shape index (κ2) is 10.2. The zero-order chi connectivity index (χ0) is 27.0. The van der Waals surface area contributed by atoms with E-state index in [1.165, 1.54) is 4.68 Å². The van der Waals surface area contributed by atoms with Crippen LogP contribution in [0.25, 0.3) is 11.3 Å². The van der Waals surface area contributed by atoms with Crippen molar-refractivity contribution in [3.8, 4) is 11.3 Å². The fourth-order valence-corrected chi connectivity index (χ4v) is 4.97. The summed E-state index contributed by atoms with van der Waals surface area (Å²) in [6, 6.07) is 1.21. The minimum atomic E-state index is -4.81. The molecule has 1 atom stereocenters. The minimum Gasteiger partial charge on any atom is -0.396 e. The van der Waals surface area contributed by atoms with E-state index in [0.717, 1.165) is 18.1 Å². The molecule has 0 bridgehead atoms. The van der Waals surface area contributed by atoms with Crippen molar-refractivity contribution in [1.29, 1.82) is 0 Å². The van der Waals surface area contributed by atoms with Gasteiger partial charge in [-0.3, -0.25) is 9.48 Å². The van der Waals surface area contributed by atoms with Crippen LogP contribution < -0.4 is 4.90 Å². The van der Waals surface area contributed by atoms with Crippen molar-refractivity contribution in [3.63, 3.8) is 0 Å². The molecule has 1 N–H and O–H groups in total. The minimum absolute atomic E-state index is 0.0390. The standard InChI is InChI=1S/C21H21F6N7O2S/c1-12-2-4-33(31-12)11-15(36)34-6-5-32(10-14(34)3-7-35)17-16(30-19(37-17)21(25,26)27)13-8-28-18(29-9-13)20(22,23)24/h2,4,8-9,14,35H,3,5-7,10-11H2,1H3/t14-/m0/s1. The number of amides is 1. The summed E-state index contributed by atoms with van der Waals surface area (Å²) in [7, 11) is 0. The highest BCUT2D eigenvalue weighted by Crippen LogP contribution is 2.43.